The van der Waals surface area contributed by atoms with Gasteiger partial charge in [-0.1, -0.05) is 13.8 Å². The van der Waals surface area contributed by atoms with Gasteiger partial charge in [-0.3, -0.25) is 4.79 Å². The first kappa shape index (κ1) is 14.6. The highest BCUT2D eigenvalue weighted by Gasteiger charge is 2.17. The Morgan fingerprint density at radius 2 is 2.10 bits per heavy atom. The Morgan fingerprint density at radius 3 is 2.70 bits per heavy atom. The lowest BCUT2D eigenvalue weighted by molar-refractivity contribution is 0.0990. The SMILES string of the molecule is COc1cc(C)cc2c(C(=O)CNC(C)C)cn(C)c12. The number of benzene rings is 1. The maximum atomic E-state index is 12.4. The van der Waals surface area contributed by atoms with Gasteiger partial charge in [0.05, 0.1) is 19.2 Å². The third kappa shape index (κ3) is 2.70. The zero-order chi connectivity index (χ0) is 14.9. The summed E-state index contributed by atoms with van der Waals surface area (Å²) >= 11 is 0. The molecular weight excluding hydrogens is 252 g/mol. The van der Waals surface area contributed by atoms with Crippen LogP contribution in [-0.2, 0) is 7.05 Å². The van der Waals surface area contributed by atoms with Gasteiger partial charge in [-0.25, -0.2) is 0 Å². The lowest BCUT2D eigenvalue weighted by Crippen LogP contribution is -2.29. The molecule has 0 saturated carbocycles. The van der Waals surface area contributed by atoms with Gasteiger partial charge in [-0.15, -0.1) is 0 Å². The number of Topliss-reactive ketones (excluding diaryl/α,β-unsaturated/α-hetero) is 1. The van der Waals surface area contributed by atoms with Gasteiger partial charge in [0.25, 0.3) is 0 Å². The van der Waals surface area contributed by atoms with Crippen LogP contribution >= 0.6 is 0 Å². The fourth-order valence-corrected chi connectivity index (χ4v) is 2.41. The van der Waals surface area contributed by atoms with Gasteiger partial charge in [0, 0.05) is 30.2 Å². The molecule has 0 atom stereocenters. The van der Waals surface area contributed by atoms with Crippen molar-refractivity contribution in [2.45, 2.75) is 26.8 Å². The Balaban J connectivity index is 2.50. The van der Waals surface area contributed by atoms with Gasteiger partial charge in [0.2, 0.25) is 0 Å². The molecule has 2 rings (SSSR count). The molecule has 20 heavy (non-hydrogen) atoms. The van der Waals surface area contributed by atoms with Crippen molar-refractivity contribution in [3.05, 3.63) is 29.5 Å². The average molecular weight is 274 g/mol. The molecule has 0 aliphatic heterocycles. The number of ketones is 1. The van der Waals surface area contributed by atoms with Gasteiger partial charge in [-0.2, -0.15) is 0 Å². The number of methoxy groups -OCH3 is 1. The van der Waals surface area contributed by atoms with Crippen LogP contribution in [0.15, 0.2) is 18.3 Å². The molecule has 0 aliphatic rings. The number of carbonyl (C=O) groups is 1. The van der Waals surface area contributed by atoms with Crippen molar-refractivity contribution in [2.75, 3.05) is 13.7 Å². The van der Waals surface area contributed by atoms with Crippen molar-refractivity contribution in [1.29, 1.82) is 0 Å². The second-order valence-electron chi connectivity index (χ2n) is 5.48. The van der Waals surface area contributed by atoms with Crippen LogP contribution in [0.4, 0.5) is 0 Å². The van der Waals surface area contributed by atoms with Crippen molar-refractivity contribution < 1.29 is 9.53 Å². The molecule has 4 nitrogen and oxygen atoms in total. The summed E-state index contributed by atoms with van der Waals surface area (Å²) in [5.41, 5.74) is 2.80. The van der Waals surface area contributed by atoms with Gasteiger partial charge in [0.1, 0.15) is 5.75 Å². The fourth-order valence-electron chi connectivity index (χ4n) is 2.41. The minimum Gasteiger partial charge on any atom is -0.495 e. The molecule has 1 heterocycles. The third-order valence-corrected chi connectivity index (χ3v) is 3.38. The van der Waals surface area contributed by atoms with Gasteiger partial charge in [-0.05, 0) is 24.6 Å². The van der Waals surface area contributed by atoms with Crippen LogP contribution in [0.25, 0.3) is 10.9 Å². The highest BCUT2D eigenvalue weighted by molar-refractivity contribution is 6.10. The summed E-state index contributed by atoms with van der Waals surface area (Å²) in [7, 11) is 3.59. The van der Waals surface area contributed by atoms with Crippen molar-refractivity contribution in [1.82, 2.24) is 9.88 Å². The number of aryl methyl sites for hydroxylation is 2. The zero-order valence-electron chi connectivity index (χ0n) is 12.8. The fraction of sp³-hybridized carbons (Fsp3) is 0.438. The molecule has 0 aliphatic carbocycles. The molecule has 0 radical (unpaired) electrons. The van der Waals surface area contributed by atoms with E-state index < -0.39 is 0 Å². The lowest BCUT2D eigenvalue weighted by Gasteiger charge is -2.07. The third-order valence-electron chi connectivity index (χ3n) is 3.38. The van der Waals surface area contributed by atoms with Crippen LogP contribution in [0.3, 0.4) is 0 Å². The van der Waals surface area contributed by atoms with Crippen LogP contribution in [0.5, 0.6) is 5.75 Å². The van der Waals surface area contributed by atoms with E-state index >= 15 is 0 Å². The van der Waals surface area contributed by atoms with Crippen LogP contribution in [0, 0.1) is 6.92 Å². The molecule has 0 spiro atoms. The summed E-state index contributed by atoms with van der Waals surface area (Å²) in [5, 5.41) is 4.13. The topological polar surface area (TPSA) is 43.3 Å². The van der Waals surface area contributed by atoms with E-state index in [1.165, 1.54) is 0 Å². The molecule has 2 aromatic rings. The Labute approximate surface area is 119 Å². The number of hydrogen-bond donors (Lipinski definition) is 1. The summed E-state index contributed by atoms with van der Waals surface area (Å²) in [6.45, 7) is 6.43. The smallest absolute Gasteiger partial charge is 0.178 e. The normalized spacial score (nSPS) is 11.3. The maximum absolute atomic E-state index is 12.4. The summed E-state index contributed by atoms with van der Waals surface area (Å²) in [4.78, 5) is 12.4. The minimum absolute atomic E-state index is 0.108. The highest BCUT2D eigenvalue weighted by Crippen LogP contribution is 2.31. The van der Waals surface area contributed by atoms with Crippen molar-refractivity contribution in [3.8, 4) is 5.75 Å². The second kappa shape index (κ2) is 5.67. The molecule has 0 bridgehead atoms. The number of ether oxygens (including phenoxy) is 1. The minimum atomic E-state index is 0.108. The highest BCUT2D eigenvalue weighted by atomic mass is 16.5. The largest absolute Gasteiger partial charge is 0.495 e. The van der Waals surface area contributed by atoms with E-state index in [4.69, 9.17) is 4.74 Å². The first-order valence-electron chi connectivity index (χ1n) is 6.84. The molecule has 0 unspecified atom stereocenters. The molecule has 1 aromatic heterocycles. The quantitative estimate of drug-likeness (QED) is 0.852. The van der Waals surface area contributed by atoms with Gasteiger partial charge < -0.3 is 14.6 Å². The van der Waals surface area contributed by atoms with E-state index in [2.05, 4.69) is 5.32 Å². The molecule has 1 aromatic carbocycles. The molecule has 0 saturated heterocycles. The van der Waals surface area contributed by atoms with Crippen LogP contribution < -0.4 is 10.1 Å². The standard InChI is InChI=1S/C16H22N2O2/c1-10(2)17-8-14(19)13-9-18(4)16-12(13)6-11(3)7-15(16)20-5/h6-7,9-10,17H,8H2,1-5H3. The lowest BCUT2D eigenvalue weighted by atomic mass is 10.1. The van der Waals surface area contributed by atoms with Gasteiger partial charge >= 0.3 is 0 Å². The summed E-state index contributed by atoms with van der Waals surface area (Å²) in [6, 6.07) is 4.33. The van der Waals surface area contributed by atoms with Crippen molar-refractivity contribution in [3.63, 3.8) is 0 Å². The van der Waals surface area contributed by atoms with Crippen LogP contribution in [0.2, 0.25) is 0 Å². The summed E-state index contributed by atoms with van der Waals surface area (Å²) in [6.07, 6.45) is 1.89. The first-order valence-corrected chi connectivity index (χ1v) is 6.84. The van der Waals surface area contributed by atoms with E-state index in [-0.39, 0.29) is 5.78 Å². The molecule has 1 N–H and O–H groups in total. The van der Waals surface area contributed by atoms with Gasteiger partial charge in [0.15, 0.2) is 5.78 Å². The predicted molar refractivity (Wildman–Crippen MR) is 81.7 cm³/mol. The molecular formula is C16H22N2O2. The second-order valence-corrected chi connectivity index (χ2v) is 5.48. The molecule has 0 fully saturated rings. The number of rotatable bonds is 5. The van der Waals surface area contributed by atoms with E-state index in [1.54, 1.807) is 7.11 Å². The van der Waals surface area contributed by atoms with E-state index in [1.807, 2.05) is 50.7 Å². The van der Waals surface area contributed by atoms with Crippen molar-refractivity contribution >= 4 is 16.7 Å². The number of aromatic nitrogens is 1. The number of nitrogens with one attached hydrogen (secondary N) is 1. The average Bonchev–Trinajstić information content (AvgIpc) is 2.72. The number of carbonyl (C=O) groups excluding carboxylic acids is 1. The predicted octanol–water partition coefficient (Wildman–Crippen LogP) is 2.68. The first-order chi connectivity index (χ1) is 9.43. The Bertz CT molecular complexity index is 641. The maximum Gasteiger partial charge on any atom is 0.178 e. The van der Waals surface area contributed by atoms with Crippen LogP contribution in [-0.4, -0.2) is 30.0 Å². The van der Waals surface area contributed by atoms with E-state index in [0.717, 1.165) is 27.8 Å². The number of fused-ring (bicyclic) bond motifs is 1. The Morgan fingerprint density at radius 1 is 1.40 bits per heavy atom. The molecule has 4 heteroatoms. The van der Waals surface area contributed by atoms with Crippen LogP contribution in [0.1, 0.15) is 29.8 Å². The Hall–Kier alpha value is -1.81. The van der Waals surface area contributed by atoms with Crippen molar-refractivity contribution in [2.24, 2.45) is 7.05 Å². The molecule has 108 valence electrons. The number of hydrogen-bond acceptors (Lipinski definition) is 3. The summed E-state index contributed by atoms with van der Waals surface area (Å²) < 4.78 is 7.39. The zero-order valence-corrected chi connectivity index (χ0v) is 12.8. The molecule has 0 amide bonds. The monoisotopic (exact) mass is 274 g/mol. The number of nitrogens with zero attached hydrogens (tertiary/aromatic N) is 1. The Kier molecular flexibility index (Phi) is 4.14. The van der Waals surface area contributed by atoms with E-state index in [9.17, 15) is 4.79 Å². The van der Waals surface area contributed by atoms with E-state index in [0.29, 0.717) is 12.6 Å². The summed E-state index contributed by atoms with van der Waals surface area (Å²) in [5.74, 6) is 0.912.